The zero-order chi connectivity index (χ0) is 18.9. The first-order valence-electron chi connectivity index (χ1n) is 10.4. The molecule has 3 aliphatic rings. The quantitative estimate of drug-likeness (QED) is 0.676. The number of hydrogen-bond acceptors (Lipinski definition) is 4. The third-order valence-corrected chi connectivity index (χ3v) is 7.73. The third kappa shape index (κ3) is 3.45. The van der Waals surface area contributed by atoms with Gasteiger partial charge in [0, 0.05) is 12.5 Å². The summed E-state index contributed by atoms with van der Waals surface area (Å²) in [6.45, 7) is 4.87. The van der Waals surface area contributed by atoms with Crippen LogP contribution in [-0.2, 0) is 14.3 Å². The van der Waals surface area contributed by atoms with Crippen LogP contribution in [0.3, 0.4) is 0 Å². The highest BCUT2D eigenvalue weighted by Crippen LogP contribution is 2.61. The minimum absolute atomic E-state index is 0.0354. The highest BCUT2D eigenvalue weighted by atomic mass is 16.5. The van der Waals surface area contributed by atoms with Crippen LogP contribution in [0.1, 0.15) is 65.2 Å². The number of unbranched alkanes of at least 4 members (excludes halogenated alkanes) is 1. The Bertz CT molecular complexity index is 532. The van der Waals surface area contributed by atoms with E-state index in [2.05, 4.69) is 13.8 Å². The van der Waals surface area contributed by atoms with E-state index in [1.165, 1.54) is 0 Å². The number of carbonyl (C=O) groups excluding carboxylic acids is 1. The number of rotatable bonds is 7. The molecule has 0 heterocycles. The molecular weight excluding hydrogens is 332 g/mol. The molecule has 5 nitrogen and oxygen atoms in total. The van der Waals surface area contributed by atoms with Gasteiger partial charge < -0.3 is 14.9 Å². The van der Waals surface area contributed by atoms with Crippen molar-refractivity contribution >= 4 is 11.8 Å². The second-order valence-electron chi connectivity index (χ2n) is 8.99. The van der Waals surface area contributed by atoms with E-state index in [-0.39, 0.29) is 29.8 Å². The lowest BCUT2D eigenvalue weighted by Crippen LogP contribution is -2.51. The fourth-order valence-electron chi connectivity index (χ4n) is 6.24. The van der Waals surface area contributed by atoms with Gasteiger partial charge in [-0.3, -0.25) is 9.59 Å². The minimum Gasteiger partial charge on any atom is -0.481 e. The topological polar surface area (TPSA) is 83.8 Å². The maximum atomic E-state index is 12.7. The van der Waals surface area contributed by atoms with Crippen molar-refractivity contribution in [2.45, 2.75) is 71.3 Å². The Hall–Kier alpha value is -0.940. The highest BCUT2D eigenvalue weighted by Gasteiger charge is 2.58. The number of aliphatic carboxylic acids is 1. The number of ketones is 1. The van der Waals surface area contributed by atoms with Crippen molar-refractivity contribution in [1.29, 1.82) is 0 Å². The van der Waals surface area contributed by atoms with Gasteiger partial charge in [0.15, 0.2) is 5.78 Å². The molecule has 0 aromatic rings. The Labute approximate surface area is 156 Å². The second kappa shape index (κ2) is 7.97. The fraction of sp³-hybridized carbons (Fsp3) is 0.905. The van der Waals surface area contributed by atoms with Crippen LogP contribution in [-0.4, -0.2) is 41.3 Å². The Morgan fingerprint density at radius 1 is 1.12 bits per heavy atom. The summed E-state index contributed by atoms with van der Waals surface area (Å²) < 4.78 is 5.48. The van der Waals surface area contributed by atoms with E-state index in [0.29, 0.717) is 24.9 Å². The summed E-state index contributed by atoms with van der Waals surface area (Å²) in [7, 11) is 0. The lowest BCUT2D eigenvalue weighted by molar-refractivity contribution is -0.160. The molecule has 0 aromatic heterocycles. The van der Waals surface area contributed by atoms with Gasteiger partial charge in [-0.1, -0.05) is 20.3 Å². The monoisotopic (exact) mass is 366 g/mol. The van der Waals surface area contributed by atoms with Crippen LogP contribution in [0.25, 0.3) is 0 Å². The van der Waals surface area contributed by atoms with Crippen molar-refractivity contribution in [3.8, 4) is 0 Å². The number of carboxylic acids is 1. The maximum absolute atomic E-state index is 12.7. The summed E-state index contributed by atoms with van der Waals surface area (Å²) in [4.78, 5) is 24.8. The van der Waals surface area contributed by atoms with Crippen molar-refractivity contribution in [2.75, 3.05) is 13.2 Å². The van der Waals surface area contributed by atoms with Gasteiger partial charge in [-0.15, -0.1) is 0 Å². The molecule has 0 saturated heterocycles. The Kier molecular flexibility index (Phi) is 6.07. The SMILES string of the molecule is CCCCOCC(=O)C1CCC2C(CCC3(C)C(O)CCC23)C1C(=O)O. The van der Waals surface area contributed by atoms with E-state index in [0.717, 1.165) is 44.9 Å². The summed E-state index contributed by atoms with van der Waals surface area (Å²) in [6, 6.07) is 0. The van der Waals surface area contributed by atoms with Gasteiger partial charge in [0.05, 0.1) is 12.0 Å². The summed E-state index contributed by atoms with van der Waals surface area (Å²) in [5.74, 6) is -1.06. The van der Waals surface area contributed by atoms with E-state index in [9.17, 15) is 19.8 Å². The van der Waals surface area contributed by atoms with Gasteiger partial charge in [0.1, 0.15) is 6.61 Å². The molecule has 3 saturated carbocycles. The summed E-state index contributed by atoms with van der Waals surface area (Å²) in [6.07, 6.45) is 6.74. The number of ether oxygens (including phenoxy) is 1. The van der Waals surface area contributed by atoms with Crippen LogP contribution in [0.5, 0.6) is 0 Å². The summed E-state index contributed by atoms with van der Waals surface area (Å²) in [5.41, 5.74) is -0.0651. The maximum Gasteiger partial charge on any atom is 0.307 e. The molecule has 3 aliphatic carbocycles. The second-order valence-corrected chi connectivity index (χ2v) is 8.99. The average Bonchev–Trinajstić information content (AvgIpc) is 2.92. The van der Waals surface area contributed by atoms with Crippen molar-refractivity contribution in [1.82, 2.24) is 0 Å². The van der Waals surface area contributed by atoms with Crippen LogP contribution in [0, 0.1) is 35.0 Å². The number of fused-ring (bicyclic) bond motifs is 3. The van der Waals surface area contributed by atoms with Crippen LogP contribution < -0.4 is 0 Å². The van der Waals surface area contributed by atoms with E-state index in [1.807, 2.05) is 0 Å². The van der Waals surface area contributed by atoms with Crippen molar-refractivity contribution < 1.29 is 24.5 Å². The van der Waals surface area contributed by atoms with Gasteiger partial charge in [0.25, 0.3) is 0 Å². The number of hydrogen-bond donors (Lipinski definition) is 2. The van der Waals surface area contributed by atoms with Crippen LogP contribution in [0.4, 0.5) is 0 Å². The minimum atomic E-state index is -0.825. The lowest BCUT2D eigenvalue weighted by Gasteiger charge is -2.52. The van der Waals surface area contributed by atoms with Crippen molar-refractivity contribution in [2.24, 2.45) is 35.0 Å². The van der Waals surface area contributed by atoms with Gasteiger partial charge in [0.2, 0.25) is 0 Å². The Morgan fingerprint density at radius 2 is 1.88 bits per heavy atom. The van der Waals surface area contributed by atoms with Crippen molar-refractivity contribution in [3.05, 3.63) is 0 Å². The molecule has 5 heteroatoms. The summed E-state index contributed by atoms with van der Waals surface area (Å²) >= 11 is 0. The van der Waals surface area contributed by atoms with E-state index >= 15 is 0 Å². The molecule has 0 spiro atoms. The summed E-state index contributed by atoms with van der Waals surface area (Å²) in [5, 5.41) is 20.4. The zero-order valence-electron chi connectivity index (χ0n) is 16.2. The molecule has 148 valence electrons. The Morgan fingerprint density at radius 3 is 2.58 bits per heavy atom. The number of aliphatic hydroxyl groups is 1. The molecule has 7 atom stereocenters. The Balaban J connectivity index is 1.71. The number of carboxylic acid groups (broad SMARTS) is 1. The first-order chi connectivity index (χ1) is 12.4. The molecule has 0 amide bonds. The van der Waals surface area contributed by atoms with E-state index in [4.69, 9.17) is 4.74 Å². The predicted octanol–water partition coefficient (Wildman–Crippen LogP) is 3.29. The molecule has 2 N–H and O–H groups in total. The fourth-order valence-corrected chi connectivity index (χ4v) is 6.24. The molecule has 0 bridgehead atoms. The average molecular weight is 366 g/mol. The molecule has 26 heavy (non-hydrogen) atoms. The smallest absolute Gasteiger partial charge is 0.307 e. The molecule has 3 fully saturated rings. The lowest BCUT2D eigenvalue weighted by atomic mass is 9.52. The first kappa shape index (κ1) is 19.8. The van der Waals surface area contributed by atoms with E-state index in [1.54, 1.807) is 0 Å². The largest absolute Gasteiger partial charge is 0.481 e. The number of aliphatic hydroxyl groups excluding tert-OH is 1. The molecular formula is C21H34O5. The van der Waals surface area contributed by atoms with E-state index < -0.39 is 17.8 Å². The molecule has 7 unspecified atom stereocenters. The zero-order valence-corrected chi connectivity index (χ0v) is 16.2. The third-order valence-electron chi connectivity index (χ3n) is 7.73. The van der Waals surface area contributed by atoms with Gasteiger partial charge in [-0.2, -0.15) is 0 Å². The predicted molar refractivity (Wildman–Crippen MR) is 97.6 cm³/mol. The van der Waals surface area contributed by atoms with Crippen molar-refractivity contribution in [3.63, 3.8) is 0 Å². The van der Waals surface area contributed by atoms with Gasteiger partial charge in [-0.25, -0.2) is 0 Å². The highest BCUT2D eigenvalue weighted by molar-refractivity contribution is 5.87. The molecule has 3 rings (SSSR count). The normalized spacial score (nSPS) is 42.1. The molecule has 0 radical (unpaired) electrons. The standard InChI is InChI=1S/C21H34O5/c1-3-4-11-26-12-17(22)15-6-5-13-14(19(15)20(24)25)9-10-21(2)16(13)7-8-18(21)23/h13-16,18-19,23H,3-12H2,1-2H3,(H,24,25). The number of Topliss-reactive ketones (excluding diaryl/α,β-unsaturated/α-hetero) is 1. The number of carbonyl (C=O) groups is 2. The molecule has 0 aliphatic heterocycles. The van der Waals surface area contributed by atoms with Gasteiger partial charge >= 0.3 is 5.97 Å². The van der Waals surface area contributed by atoms with Crippen LogP contribution in [0.15, 0.2) is 0 Å². The first-order valence-corrected chi connectivity index (χ1v) is 10.4. The molecule has 0 aromatic carbocycles. The van der Waals surface area contributed by atoms with Crippen LogP contribution >= 0.6 is 0 Å². The van der Waals surface area contributed by atoms with Crippen LogP contribution in [0.2, 0.25) is 0 Å². The van der Waals surface area contributed by atoms with Gasteiger partial charge in [-0.05, 0) is 68.1 Å².